The van der Waals surface area contributed by atoms with E-state index >= 15 is 0 Å². The zero-order valence-electron chi connectivity index (χ0n) is 13.0. The lowest BCUT2D eigenvalue weighted by Gasteiger charge is -2.06. The highest BCUT2D eigenvalue weighted by Gasteiger charge is 2.26. The number of ether oxygens (including phenoxy) is 2. The van der Waals surface area contributed by atoms with E-state index in [0.29, 0.717) is 12.2 Å². The average molecular weight is 331 g/mol. The van der Waals surface area contributed by atoms with Crippen LogP contribution in [0.1, 0.15) is 34.5 Å². The second-order valence-electron chi connectivity index (χ2n) is 5.20. The Hall–Kier alpha value is -2.76. The Morgan fingerprint density at radius 2 is 1.88 bits per heavy atom. The molecule has 0 spiro atoms. The van der Waals surface area contributed by atoms with Crippen LogP contribution < -0.4 is 0 Å². The number of aliphatic imine (C=N–C) groups is 1. The summed E-state index contributed by atoms with van der Waals surface area (Å²) < 4.78 is 37.9. The number of esters is 1. The van der Waals surface area contributed by atoms with Crippen molar-refractivity contribution in [3.05, 3.63) is 70.8 Å². The number of hydrogen-bond donors (Lipinski definition) is 0. The van der Waals surface area contributed by atoms with Crippen LogP contribution >= 0.6 is 0 Å². The number of hydrogen-bond acceptors (Lipinski definition) is 4. The molecule has 2 aromatic rings. The van der Waals surface area contributed by atoms with Crippen molar-refractivity contribution < 1.29 is 23.0 Å². The highest BCUT2D eigenvalue weighted by molar-refractivity contribution is 5.95. The van der Waals surface area contributed by atoms with Crippen LogP contribution in [0, 0.1) is 11.6 Å². The molecule has 0 saturated carbocycles. The molecule has 0 radical (unpaired) electrons. The van der Waals surface area contributed by atoms with E-state index in [1.807, 2.05) is 0 Å². The fourth-order valence-electron chi connectivity index (χ4n) is 2.44. The summed E-state index contributed by atoms with van der Waals surface area (Å²) in [5.74, 6) is -1.88. The van der Waals surface area contributed by atoms with E-state index in [1.165, 1.54) is 6.07 Å². The van der Waals surface area contributed by atoms with Gasteiger partial charge in [0.1, 0.15) is 29.8 Å². The van der Waals surface area contributed by atoms with Gasteiger partial charge in [-0.2, -0.15) is 0 Å². The molecule has 0 saturated heterocycles. The first-order valence-electron chi connectivity index (χ1n) is 7.52. The second kappa shape index (κ2) is 6.78. The Bertz CT molecular complexity index is 767. The van der Waals surface area contributed by atoms with Crippen LogP contribution in [-0.2, 0) is 9.47 Å². The Kier molecular flexibility index (Phi) is 4.55. The summed E-state index contributed by atoms with van der Waals surface area (Å²) in [5, 5.41) is 0. The molecule has 0 bridgehead atoms. The number of halogens is 2. The molecule has 1 heterocycles. The number of rotatable bonds is 4. The van der Waals surface area contributed by atoms with Crippen molar-refractivity contribution in [1.29, 1.82) is 0 Å². The molecule has 0 N–H and O–H groups in total. The highest BCUT2D eigenvalue weighted by atomic mass is 19.1. The standard InChI is InChI=1S/C18H15F2NO3/c1-2-23-18(22)12-8-6-11(7-9-12)15-10-24-17(21-15)16-13(19)4-3-5-14(16)20/h3-9,15H,2,10H2,1H3. The summed E-state index contributed by atoms with van der Waals surface area (Å²) in [6.07, 6.45) is 0. The van der Waals surface area contributed by atoms with Crippen molar-refractivity contribution in [3.63, 3.8) is 0 Å². The van der Waals surface area contributed by atoms with Crippen molar-refractivity contribution in [2.45, 2.75) is 13.0 Å². The number of carbonyl (C=O) groups excluding carboxylic acids is 1. The van der Waals surface area contributed by atoms with Gasteiger partial charge in [-0.15, -0.1) is 0 Å². The maximum Gasteiger partial charge on any atom is 0.338 e. The first-order chi connectivity index (χ1) is 11.6. The van der Waals surface area contributed by atoms with Gasteiger partial charge in [-0.05, 0) is 36.8 Å². The van der Waals surface area contributed by atoms with Gasteiger partial charge in [0, 0.05) is 0 Å². The molecule has 2 aromatic carbocycles. The van der Waals surface area contributed by atoms with Crippen LogP contribution in [0.5, 0.6) is 0 Å². The van der Waals surface area contributed by atoms with Gasteiger partial charge in [-0.3, -0.25) is 0 Å². The maximum atomic E-state index is 13.8. The minimum atomic E-state index is -0.716. The van der Waals surface area contributed by atoms with E-state index < -0.39 is 17.6 Å². The van der Waals surface area contributed by atoms with E-state index in [2.05, 4.69) is 4.99 Å². The van der Waals surface area contributed by atoms with Gasteiger partial charge in [0.2, 0.25) is 5.90 Å². The second-order valence-corrected chi connectivity index (χ2v) is 5.20. The molecule has 24 heavy (non-hydrogen) atoms. The molecule has 0 aliphatic carbocycles. The van der Waals surface area contributed by atoms with Gasteiger partial charge >= 0.3 is 5.97 Å². The Morgan fingerprint density at radius 3 is 2.50 bits per heavy atom. The molecule has 3 rings (SSSR count). The molecule has 1 aliphatic rings. The smallest absolute Gasteiger partial charge is 0.338 e. The zero-order chi connectivity index (χ0) is 17.1. The normalized spacial score (nSPS) is 16.5. The third-order valence-corrected chi connectivity index (χ3v) is 3.63. The molecular weight excluding hydrogens is 316 g/mol. The average Bonchev–Trinajstić information content (AvgIpc) is 3.05. The summed E-state index contributed by atoms with van der Waals surface area (Å²) in [5.41, 5.74) is 0.960. The summed E-state index contributed by atoms with van der Waals surface area (Å²) in [6, 6.07) is 9.94. The highest BCUT2D eigenvalue weighted by Crippen LogP contribution is 2.27. The minimum Gasteiger partial charge on any atom is -0.475 e. The van der Waals surface area contributed by atoms with Crippen molar-refractivity contribution >= 4 is 11.9 Å². The van der Waals surface area contributed by atoms with Crippen molar-refractivity contribution in [2.24, 2.45) is 4.99 Å². The van der Waals surface area contributed by atoms with Gasteiger partial charge in [0.05, 0.1) is 12.2 Å². The molecule has 1 unspecified atom stereocenters. The zero-order valence-corrected chi connectivity index (χ0v) is 13.0. The fraction of sp³-hybridized carbons (Fsp3) is 0.222. The number of benzene rings is 2. The summed E-state index contributed by atoms with van der Waals surface area (Å²) >= 11 is 0. The van der Waals surface area contributed by atoms with Gasteiger partial charge in [0.25, 0.3) is 0 Å². The number of carbonyl (C=O) groups is 1. The van der Waals surface area contributed by atoms with E-state index in [9.17, 15) is 13.6 Å². The number of nitrogens with zero attached hydrogens (tertiary/aromatic N) is 1. The van der Waals surface area contributed by atoms with Crippen LogP contribution in [0.25, 0.3) is 0 Å². The van der Waals surface area contributed by atoms with Gasteiger partial charge in [-0.1, -0.05) is 18.2 Å². The van der Waals surface area contributed by atoms with Gasteiger partial charge < -0.3 is 9.47 Å². The first-order valence-corrected chi connectivity index (χ1v) is 7.52. The minimum absolute atomic E-state index is 0.0509. The molecule has 0 fully saturated rings. The topological polar surface area (TPSA) is 47.9 Å². The first kappa shape index (κ1) is 16.1. The van der Waals surface area contributed by atoms with Gasteiger partial charge in [-0.25, -0.2) is 18.6 Å². The van der Waals surface area contributed by atoms with Gasteiger partial charge in [0.15, 0.2) is 0 Å². The van der Waals surface area contributed by atoms with Crippen LogP contribution in [0.2, 0.25) is 0 Å². The lowest BCUT2D eigenvalue weighted by Crippen LogP contribution is -2.07. The summed E-state index contributed by atoms with van der Waals surface area (Å²) in [7, 11) is 0. The van der Waals surface area contributed by atoms with E-state index in [0.717, 1.165) is 17.7 Å². The van der Waals surface area contributed by atoms with E-state index in [1.54, 1.807) is 31.2 Å². The molecule has 1 atom stereocenters. The Balaban J connectivity index is 1.82. The lowest BCUT2D eigenvalue weighted by molar-refractivity contribution is 0.0526. The van der Waals surface area contributed by atoms with Crippen molar-refractivity contribution in [2.75, 3.05) is 13.2 Å². The molecule has 0 amide bonds. The van der Waals surface area contributed by atoms with Crippen LogP contribution in [-0.4, -0.2) is 25.1 Å². The lowest BCUT2D eigenvalue weighted by atomic mass is 10.1. The Morgan fingerprint density at radius 1 is 1.21 bits per heavy atom. The van der Waals surface area contributed by atoms with Crippen molar-refractivity contribution in [3.8, 4) is 0 Å². The Labute approximate surface area is 137 Å². The summed E-state index contributed by atoms with van der Waals surface area (Å²) in [4.78, 5) is 15.9. The maximum absolute atomic E-state index is 13.8. The SMILES string of the molecule is CCOC(=O)c1ccc(C2COC(c3c(F)cccc3F)=N2)cc1. The quantitative estimate of drug-likeness (QED) is 0.803. The molecular formula is C18H15F2NO3. The largest absolute Gasteiger partial charge is 0.475 e. The summed E-state index contributed by atoms with van der Waals surface area (Å²) in [6.45, 7) is 2.22. The molecule has 0 aromatic heterocycles. The third-order valence-electron chi connectivity index (χ3n) is 3.63. The van der Waals surface area contributed by atoms with E-state index in [-0.39, 0.29) is 24.1 Å². The van der Waals surface area contributed by atoms with Crippen molar-refractivity contribution in [1.82, 2.24) is 0 Å². The fourth-order valence-corrected chi connectivity index (χ4v) is 2.44. The van der Waals surface area contributed by atoms with Crippen LogP contribution in [0.3, 0.4) is 0 Å². The molecule has 124 valence electrons. The third kappa shape index (κ3) is 3.13. The van der Waals surface area contributed by atoms with Crippen LogP contribution in [0.15, 0.2) is 47.5 Å². The predicted octanol–water partition coefficient (Wildman–Crippen LogP) is 3.66. The monoisotopic (exact) mass is 331 g/mol. The predicted molar refractivity (Wildman–Crippen MR) is 84.0 cm³/mol. The molecule has 4 nitrogen and oxygen atoms in total. The molecule has 6 heteroatoms. The van der Waals surface area contributed by atoms with Crippen LogP contribution in [0.4, 0.5) is 8.78 Å². The van der Waals surface area contributed by atoms with E-state index in [4.69, 9.17) is 9.47 Å². The molecule has 1 aliphatic heterocycles.